The molecular weight excluding hydrogens is 258 g/mol. The predicted molar refractivity (Wildman–Crippen MR) is 66.0 cm³/mol. The van der Waals surface area contributed by atoms with Crippen LogP contribution in [0.1, 0.15) is 0 Å². The normalized spacial score (nSPS) is 18.9. The molecule has 0 fully saturated rings. The van der Waals surface area contributed by atoms with Crippen LogP contribution in [0.25, 0.3) is 11.6 Å². The molecule has 2 aliphatic rings. The van der Waals surface area contributed by atoms with Crippen molar-refractivity contribution in [3.8, 4) is 0 Å². The Morgan fingerprint density at radius 2 is 1.89 bits per heavy atom. The van der Waals surface area contributed by atoms with Gasteiger partial charge < -0.3 is 15.2 Å². The summed E-state index contributed by atoms with van der Waals surface area (Å²) >= 11 is 6.03. The number of aromatic nitrogens is 2. The van der Waals surface area contributed by atoms with Crippen molar-refractivity contribution in [3.05, 3.63) is 54.2 Å². The summed E-state index contributed by atoms with van der Waals surface area (Å²) in [6.45, 7) is 0. The van der Waals surface area contributed by atoms with Gasteiger partial charge in [-0.1, -0.05) is 16.8 Å². The highest BCUT2D eigenvalue weighted by atomic mass is 35.5. The molecule has 1 heterocycles. The molecule has 0 aromatic carbocycles. The van der Waals surface area contributed by atoms with E-state index in [0.717, 1.165) is 0 Å². The maximum absolute atomic E-state index is 11.3. The molecule has 1 aromatic rings. The van der Waals surface area contributed by atoms with Crippen LogP contribution in [0.5, 0.6) is 0 Å². The maximum atomic E-state index is 11.3. The van der Waals surface area contributed by atoms with Gasteiger partial charge in [-0.3, -0.25) is 9.59 Å². The van der Waals surface area contributed by atoms with Crippen LogP contribution in [-0.4, -0.2) is 20.9 Å². The average Bonchev–Trinajstić information content (AvgIpc) is 2.70. The van der Waals surface area contributed by atoms with Gasteiger partial charge in [-0.15, -0.1) is 0 Å². The molecule has 0 atom stereocenters. The van der Waals surface area contributed by atoms with Gasteiger partial charge in [-0.05, 0) is 18.2 Å². The van der Waals surface area contributed by atoms with E-state index in [1.807, 2.05) is 0 Å². The zero-order chi connectivity index (χ0) is 12.9. The van der Waals surface area contributed by atoms with Gasteiger partial charge in [-0.2, -0.15) is 0 Å². The number of hydrogen-bond donors (Lipinski definition) is 3. The number of fused-ring (bicyclic) bond motifs is 2. The molecule has 90 valence electrons. The second-order valence-corrected chi connectivity index (χ2v) is 4.20. The number of nitrogens with one attached hydrogen (secondary N) is 2. The van der Waals surface area contributed by atoms with E-state index in [0.29, 0.717) is 26.9 Å². The van der Waals surface area contributed by atoms with Gasteiger partial charge in [0.1, 0.15) is 5.71 Å². The summed E-state index contributed by atoms with van der Waals surface area (Å²) in [5, 5.41) is 13.4. The topological polar surface area (TPSA) is 98.3 Å². The minimum atomic E-state index is -0.765. The standard InChI is InChI=1S/C11H6ClN3O3/c12-5-1-2-6(15-18)8-4(5)3-7-9(8)14-11(17)10(16)13-7/h1-3,18H,(H,13,16)(H,14,17)/b15-6-. The first-order chi connectivity index (χ1) is 8.61. The van der Waals surface area contributed by atoms with Crippen LogP contribution in [0.4, 0.5) is 0 Å². The Labute approximate surface area is 104 Å². The van der Waals surface area contributed by atoms with Crippen LogP contribution in [0, 0.1) is 0 Å². The van der Waals surface area contributed by atoms with Gasteiger partial charge in [0.2, 0.25) is 0 Å². The van der Waals surface area contributed by atoms with Gasteiger partial charge in [0, 0.05) is 16.2 Å². The Kier molecular flexibility index (Phi) is 2.14. The Bertz CT molecular complexity index is 883. The van der Waals surface area contributed by atoms with E-state index in [-0.39, 0.29) is 5.71 Å². The SMILES string of the molecule is O=c1[nH]c2c([nH]c1=O)=C1C(=C(Cl)C=C/C1=N/O)C=2. The monoisotopic (exact) mass is 263 g/mol. The van der Waals surface area contributed by atoms with Crippen molar-refractivity contribution in [1.82, 2.24) is 9.97 Å². The van der Waals surface area contributed by atoms with E-state index in [4.69, 9.17) is 16.8 Å². The number of halogens is 1. The molecule has 0 bridgehead atoms. The third kappa shape index (κ3) is 1.32. The van der Waals surface area contributed by atoms with Crippen LogP contribution in [0.15, 0.2) is 37.5 Å². The molecule has 0 spiro atoms. The Hall–Kier alpha value is -2.34. The fraction of sp³-hybridized carbons (Fsp3) is 0. The predicted octanol–water partition coefficient (Wildman–Crippen LogP) is -1.10. The fourth-order valence-corrected chi connectivity index (χ4v) is 2.21. The van der Waals surface area contributed by atoms with Crippen molar-refractivity contribution >= 4 is 29.0 Å². The summed E-state index contributed by atoms with van der Waals surface area (Å²) < 4.78 is 0. The van der Waals surface area contributed by atoms with Gasteiger partial charge in [0.15, 0.2) is 0 Å². The van der Waals surface area contributed by atoms with E-state index in [1.54, 1.807) is 12.2 Å². The third-order valence-corrected chi connectivity index (χ3v) is 3.11. The molecule has 0 radical (unpaired) electrons. The summed E-state index contributed by atoms with van der Waals surface area (Å²) in [5.74, 6) is 0. The summed E-state index contributed by atoms with van der Waals surface area (Å²) in [5.41, 5.74) is -0.143. The molecule has 0 saturated carbocycles. The second-order valence-electron chi connectivity index (χ2n) is 3.80. The van der Waals surface area contributed by atoms with E-state index in [2.05, 4.69) is 15.1 Å². The Balaban J connectivity index is 2.57. The second kappa shape index (κ2) is 3.58. The number of oxime groups is 1. The summed E-state index contributed by atoms with van der Waals surface area (Å²) in [4.78, 5) is 27.5. The minimum absolute atomic E-state index is 0.270. The van der Waals surface area contributed by atoms with Gasteiger partial charge in [0.05, 0.1) is 10.7 Å². The van der Waals surface area contributed by atoms with Gasteiger partial charge in [0.25, 0.3) is 0 Å². The molecule has 6 nitrogen and oxygen atoms in total. The summed E-state index contributed by atoms with van der Waals surface area (Å²) in [6, 6.07) is 0. The number of aromatic amines is 2. The highest BCUT2D eigenvalue weighted by Gasteiger charge is 2.22. The number of hydrogen-bond acceptors (Lipinski definition) is 4. The molecule has 18 heavy (non-hydrogen) atoms. The average molecular weight is 264 g/mol. The molecule has 1 aromatic heterocycles. The molecule has 0 saturated heterocycles. The molecule has 3 rings (SSSR count). The minimum Gasteiger partial charge on any atom is -0.410 e. The lowest BCUT2D eigenvalue weighted by Crippen LogP contribution is -2.46. The third-order valence-electron chi connectivity index (χ3n) is 2.78. The largest absolute Gasteiger partial charge is 0.410 e. The summed E-state index contributed by atoms with van der Waals surface area (Å²) in [6.07, 6.45) is 4.72. The van der Waals surface area contributed by atoms with Crippen LogP contribution in [-0.2, 0) is 0 Å². The fourth-order valence-electron chi connectivity index (χ4n) is 2.00. The van der Waals surface area contributed by atoms with Crippen molar-refractivity contribution < 1.29 is 5.21 Å². The molecule has 0 amide bonds. The molecule has 0 unspecified atom stereocenters. The lowest BCUT2D eigenvalue weighted by atomic mass is 9.99. The molecule has 2 aliphatic carbocycles. The lowest BCUT2D eigenvalue weighted by Gasteiger charge is -2.09. The van der Waals surface area contributed by atoms with Crippen molar-refractivity contribution in [1.29, 1.82) is 0 Å². The van der Waals surface area contributed by atoms with E-state index in [9.17, 15) is 9.59 Å². The van der Waals surface area contributed by atoms with Gasteiger partial charge in [-0.25, -0.2) is 0 Å². The highest BCUT2D eigenvalue weighted by Crippen LogP contribution is 2.27. The number of nitrogens with zero attached hydrogens (tertiary/aromatic N) is 1. The zero-order valence-corrected chi connectivity index (χ0v) is 9.58. The quantitative estimate of drug-likeness (QED) is 0.315. The molecule has 0 aliphatic heterocycles. The molecule has 3 N–H and O–H groups in total. The van der Waals surface area contributed by atoms with Crippen molar-refractivity contribution in [2.75, 3.05) is 0 Å². The van der Waals surface area contributed by atoms with Crippen molar-refractivity contribution in [3.63, 3.8) is 0 Å². The maximum Gasteiger partial charge on any atom is 0.314 e. The van der Waals surface area contributed by atoms with Crippen LogP contribution < -0.4 is 21.8 Å². The first kappa shape index (κ1) is 10.8. The first-order valence-corrected chi connectivity index (χ1v) is 5.39. The van der Waals surface area contributed by atoms with E-state index in [1.165, 1.54) is 6.08 Å². The first-order valence-electron chi connectivity index (χ1n) is 5.01. The molecular formula is C11H6ClN3O3. The molecule has 7 heteroatoms. The van der Waals surface area contributed by atoms with Crippen LogP contribution in [0.2, 0.25) is 0 Å². The number of rotatable bonds is 0. The Morgan fingerprint density at radius 1 is 1.17 bits per heavy atom. The van der Waals surface area contributed by atoms with Crippen molar-refractivity contribution in [2.24, 2.45) is 5.16 Å². The van der Waals surface area contributed by atoms with E-state index >= 15 is 0 Å². The van der Waals surface area contributed by atoms with Crippen LogP contribution in [0.3, 0.4) is 0 Å². The zero-order valence-electron chi connectivity index (χ0n) is 8.82. The number of H-pyrrole nitrogens is 2. The van der Waals surface area contributed by atoms with Crippen molar-refractivity contribution in [2.45, 2.75) is 0 Å². The highest BCUT2D eigenvalue weighted by molar-refractivity contribution is 6.40. The smallest absolute Gasteiger partial charge is 0.314 e. The van der Waals surface area contributed by atoms with E-state index < -0.39 is 11.1 Å². The van der Waals surface area contributed by atoms with Gasteiger partial charge >= 0.3 is 11.1 Å². The number of allylic oxidation sites excluding steroid dienone is 4. The Morgan fingerprint density at radius 3 is 2.61 bits per heavy atom. The lowest BCUT2D eigenvalue weighted by molar-refractivity contribution is 0.320. The van der Waals surface area contributed by atoms with Crippen LogP contribution >= 0.6 is 11.6 Å². The summed E-state index contributed by atoms with van der Waals surface area (Å²) in [7, 11) is 0.